The second-order valence-electron chi connectivity index (χ2n) is 7.13. The zero-order valence-corrected chi connectivity index (χ0v) is 19.9. The van der Waals surface area contributed by atoms with Gasteiger partial charge in [-0.2, -0.15) is 5.10 Å². The highest BCUT2D eigenvalue weighted by atomic mass is 35.5. The van der Waals surface area contributed by atoms with Crippen LogP contribution in [-0.2, 0) is 16.2 Å². The van der Waals surface area contributed by atoms with Gasteiger partial charge in [-0.3, -0.25) is 9.59 Å². The van der Waals surface area contributed by atoms with Crippen LogP contribution in [0.1, 0.15) is 24.0 Å². The van der Waals surface area contributed by atoms with Gasteiger partial charge in [0.2, 0.25) is 11.8 Å². The number of hydrogen-bond donors (Lipinski definition) is 2. The number of ether oxygens (including phenoxy) is 2. The molecule has 0 aliphatic carbocycles. The highest BCUT2D eigenvalue weighted by Gasteiger charge is 2.08. The molecule has 0 fully saturated rings. The van der Waals surface area contributed by atoms with Crippen molar-refractivity contribution >= 4 is 46.9 Å². The van der Waals surface area contributed by atoms with E-state index in [1.165, 1.54) is 6.21 Å². The van der Waals surface area contributed by atoms with Crippen LogP contribution in [0.3, 0.4) is 0 Å². The summed E-state index contributed by atoms with van der Waals surface area (Å²) >= 11 is 12.1. The van der Waals surface area contributed by atoms with Gasteiger partial charge in [-0.1, -0.05) is 41.4 Å². The molecule has 0 aromatic heterocycles. The molecule has 0 aliphatic rings. The number of carbonyl (C=O) groups excluding carboxylic acids is 2. The van der Waals surface area contributed by atoms with Gasteiger partial charge in [0.1, 0.15) is 18.1 Å². The number of nitrogens with zero attached hydrogens (tertiary/aromatic N) is 1. The summed E-state index contributed by atoms with van der Waals surface area (Å²) in [6.45, 7) is 0.247. The van der Waals surface area contributed by atoms with E-state index < -0.39 is 0 Å². The molecule has 34 heavy (non-hydrogen) atoms. The van der Waals surface area contributed by atoms with Crippen LogP contribution in [0.15, 0.2) is 71.8 Å². The minimum Gasteiger partial charge on any atom is -0.497 e. The Labute approximate surface area is 207 Å². The van der Waals surface area contributed by atoms with Crippen LogP contribution in [0, 0.1) is 0 Å². The molecule has 0 spiro atoms. The van der Waals surface area contributed by atoms with E-state index in [9.17, 15) is 9.59 Å². The fraction of sp³-hybridized carbons (Fsp3) is 0.160. The van der Waals surface area contributed by atoms with Crippen LogP contribution in [0.25, 0.3) is 0 Å². The Morgan fingerprint density at radius 1 is 0.971 bits per heavy atom. The SMILES string of the molecule is COc1ccc(NC(=O)CCC(=O)NN=Cc2ccccc2OCc2ccc(Cl)cc2Cl)cc1. The number of anilines is 1. The number of methoxy groups -OCH3 is 1. The lowest BCUT2D eigenvalue weighted by Gasteiger charge is -2.10. The number of nitrogens with one attached hydrogen (secondary N) is 2. The molecule has 0 heterocycles. The zero-order valence-electron chi connectivity index (χ0n) is 18.4. The first-order chi connectivity index (χ1) is 16.4. The molecule has 0 radical (unpaired) electrons. The summed E-state index contributed by atoms with van der Waals surface area (Å²) in [6.07, 6.45) is 1.50. The fourth-order valence-electron chi connectivity index (χ4n) is 2.87. The lowest BCUT2D eigenvalue weighted by Crippen LogP contribution is -2.20. The molecular weight excluding hydrogens is 477 g/mol. The topological polar surface area (TPSA) is 89.0 Å². The van der Waals surface area contributed by atoms with Gasteiger partial charge in [-0.25, -0.2) is 5.43 Å². The van der Waals surface area contributed by atoms with E-state index in [0.29, 0.717) is 32.8 Å². The first-order valence-corrected chi connectivity index (χ1v) is 11.1. The second kappa shape index (κ2) is 12.6. The van der Waals surface area contributed by atoms with Gasteiger partial charge in [-0.15, -0.1) is 0 Å². The fourth-order valence-corrected chi connectivity index (χ4v) is 3.33. The minimum atomic E-state index is -0.382. The van der Waals surface area contributed by atoms with Gasteiger partial charge < -0.3 is 14.8 Å². The van der Waals surface area contributed by atoms with Gasteiger partial charge in [-0.05, 0) is 48.5 Å². The van der Waals surface area contributed by atoms with Crippen LogP contribution in [0.2, 0.25) is 10.0 Å². The van der Waals surface area contributed by atoms with Crippen molar-refractivity contribution in [2.24, 2.45) is 5.10 Å². The summed E-state index contributed by atoms with van der Waals surface area (Å²) in [5.74, 6) is 0.609. The van der Waals surface area contributed by atoms with Crippen LogP contribution >= 0.6 is 23.2 Å². The standard InChI is InChI=1S/C25H23Cl2N3O4/c1-33-21-10-8-20(9-11-21)29-24(31)12-13-25(32)30-28-15-17-4-2-3-5-23(17)34-16-18-6-7-19(26)14-22(18)27/h2-11,14-15H,12-13,16H2,1H3,(H,29,31)(H,30,32). The van der Waals surface area contributed by atoms with E-state index in [-0.39, 0.29) is 31.3 Å². The third-order valence-corrected chi connectivity index (χ3v) is 5.25. The maximum Gasteiger partial charge on any atom is 0.240 e. The van der Waals surface area contributed by atoms with Crippen LogP contribution in [0.4, 0.5) is 5.69 Å². The zero-order chi connectivity index (χ0) is 24.3. The molecule has 9 heteroatoms. The third-order valence-electron chi connectivity index (χ3n) is 4.66. The lowest BCUT2D eigenvalue weighted by atomic mass is 10.2. The summed E-state index contributed by atoms with van der Waals surface area (Å²) in [7, 11) is 1.57. The molecule has 176 valence electrons. The highest BCUT2D eigenvalue weighted by molar-refractivity contribution is 6.35. The number of hydrazone groups is 1. The number of halogens is 2. The highest BCUT2D eigenvalue weighted by Crippen LogP contribution is 2.24. The van der Waals surface area contributed by atoms with E-state index in [0.717, 1.165) is 5.56 Å². The second-order valence-corrected chi connectivity index (χ2v) is 7.98. The molecule has 7 nitrogen and oxygen atoms in total. The van der Waals surface area contributed by atoms with Crippen molar-refractivity contribution in [3.63, 3.8) is 0 Å². The Bertz CT molecular complexity index is 1170. The molecule has 0 saturated heterocycles. The summed E-state index contributed by atoms with van der Waals surface area (Å²) in [6, 6.07) is 19.4. The number of para-hydroxylation sites is 1. The Balaban J connectivity index is 1.47. The maximum atomic E-state index is 12.1. The number of amides is 2. The van der Waals surface area contributed by atoms with Crippen molar-refractivity contribution in [3.8, 4) is 11.5 Å². The Kier molecular flexibility index (Phi) is 9.31. The van der Waals surface area contributed by atoms with Gasteiger partial charge in [0, 0.05) is 39.7 Å². The average molecular weight is 500 g/mol. The molecule has 0 aliphatic heterocycles. The van der Waals surface area contributed by atoms with E-state index in [2.05, 4.69) is 15.8 Å². The number of rotatable bonds is 10. The van der Waals surface area contributed by atoms with Gasteiger partial charge in [0.05, 0.1) is 13.3 Å². The molecule has 2 N–H and O–H groups in total. The van der Waals surface area contributed by atoms with Crippen LogP contribution in [-0.4, -0.2) is 25.1 Å². The summed E-state index contributed by atoms with van der Waals surface area (Å²) < 4.78 is 10.9. The Hall–Kier alpha value is -3.55. The van der Waals surface area contributed by atoms with Gasteiger partial charge in [0.25, 0.3) is 0 Å². The molecular formula is C25H23Cl2N3O4. The van der Waals surface area contributed by atoms with Crippen molar-refractivity contribution < 1.29 is 19.1 Å². The molecule has 0 atom stereocenters. The molecule has 2 amide bonds. The number of carbonyl (C=O) groups is 2. The van der Waals surface area contributed by atoms with Crippen molar-refractivity contribution in [1.82, 2.24) is 5.43 Å². The number of hydrogen-bond acceptors (Lipinski definition) is 5. The summed E-state index contributed by atoms with van der Waals surface area (Å²) in [4.78, 5) is 24.1. The first-order valence-electron chi connectivity index (χ1n) is 10.4. The predicted octanol–water partition coefficient (Wildman–Crippen LogP) is 5.45. The molecule has 0 bridgehead atoms. The molecule has 3 rings (SSSR count). The maximum absolute atomic E-state index is 12.1. The van der Waals surface area contributed by atoms with Crippen LogP contribution in [0.5, 0.6) is 11.5 Å². The molecule has 3 aromatic rings. The van der Waals surface area contributed by atoms with E-state index in [1.54, 1.807) is 61.7 Å². The Morgan fingerprint density at radius 2 is 1.71 bits per heavy atom. The molecule has 0 saturated carbocycles. The van der Waals surface area contributed by atoms with Gasteiger partial charge >= 0.3 is 0 Å². The van der Waals surface area contributed by atoms with Crippen molar-refractivity contribution in [2.45, 2.75) is 19.4 Å². The number of benzene rings is 3. The van der Waals surface area contributed by atoms with Crippen molar-refractivity contribution in [2.75, 3.05) is 12.4 Å². The molecule has 0 unspecified atom stereocenters. The quantitative estimate of drug-likeness (QED) is 0.286. The van der Waals surface area contributed by atoms with Crippen LogP contribution < -0.4 is 20.2 Å². The van der Waals surface area contributed by atoms with Crippen molar-refractivity contribution in [3.05, 3.63) is 87.9 Å². The summed E-state index contributed by atoms with van der Waals surface area (Å²) in [5.41, 5.74) is 4.51. The normalized spacial score (nSPS) is 10.7. The largest absolute Gasteiger partial charge is 0.497 e. The van der Waals surface area contributed by atoms with E-state index in [1.807, 2.05) is 12.1 Å². The molecule has 3 aromatic carbocycles. The van der Waals surface area contributed by atoms with E-state index in [4.69, 9.17) is 32.7 Å². The minimum absolute atomic E-state index is 0.00740. The first kappa shape index (κ1) is 25.1. The Morgan fingerprint density at radius 3 is 2.44 bits per heavy atom. The summed E-state index contributed by atoms with van der Waals surface area (Å²) in [5, 5.41) is 7.77. The van der Waals surface area contributed by atoms with Gasteiger partial charge in [0.15, 0.2) is 0 Å². The van der Waals surface area contributed by atoms with E-state index >= 15 is 0 Å². The predicted molar refractivity (Wildman–Crippen MR) is 134 cm³/mol. The lowest BCUT2D eigenvalue weighted by molar-refractivity contribution is -0.124. The monoisotopic (exact) mass is 499 g/mol. The smallest absolute Gasteiger partial charge is 0.240 e. The average Bonchev–Trinajstić information content (AvgIpc) is 2.83. The third kappa shape index (κ3) is 7.79. The van der Waals surface area contributed by atoms with Crippen molar-refractivity contribution in [1.29, 1.82) is 0 Å².